The third-order valence-electron chi connectivity index (χ3n) is 7.38. The third-order valence-corrected chi connectivity index (χ3v) is 9.58. The number of anilines is 1. The standard InChI is InChI=1S/C32H24N4O3S2/c1-20-6-9-25(10-7-20)41(38)36-28-11-8-21(16-33)14-27(28)30(26-12-13-40-29(26)17-34)31(36)22-4-3-5-24(15-22)35-18-23(19-35)32(37)39-2/h3-15,23H,18-19H2,1-2H3. The number of thiophene rings is 1. The zero-order valence-corrected chi connectivity index (χ0v) is 24.0. The van der Waals surface area contributed by atoms with Crippen molar-refractivity contribution in [1.29, 1.82) is 10.5 Å². The van der Waals surface area contributed by atoms with E-state index in [0.29, 0.717) is 39.6 Å². The molecule has 0 bridgehead atoms. The zero-order valence-electron chi connectivity index (χ0n) is 22.3. The number of esters is 1. The number of fused-ring (bicyclic) bond motifs is 1. The number of carbonyl (C=O) groups excluding carboxylic acids is 1. The quantitative estimate of drug-likeness (QED) is 0.174. The number of aromatic nitrogens is 1. The fourth-order valence-corrected chi connectivity index (χ4v) is 7.22. The van der Waals surface area contributed by atoms with Crippen molar-refractivity contribution in [3.05, 3.63) is 94.2 Å². The predicted octanol–water partition coefficient (Wildman–Crippen LogP) is 6.27. The highest BCUT2D eigenvalue weighted by atomic mass is 32.2. The van der Waals surface area contributed by atoms with Gasteiger partial charge in [0.1, 0.15) is 28.0 Å². The smallest absolute Gasteiger partial charge is 0.312 e. The van der Waals surface area contributed by atoms with Crippen LogP contribution in [0, 0.1) is 35.5 Å². The Bertz CT molecular complexity index is 1870. The highest BCUT2D eigenvalue weighted by Gasteiger charge is 2.35. The molecule has 1 aliphatic heterocycles. The molecule has 3 heterocycles. The number of nitriles is 2. The van der Waals surface area contributed by atoms with Crippen molar-refractivity contribution in [2.45, 2.75) is 11.8 Å². The van der Waals surface area contributed by atoms with E-state index in [4.69, 9.17) is 4.74 Å². The Morgan fingerprint density at radius 3 is 2.54 bits per heavy atom. The van der Waals surface area contributed by atoms with Crippen LogP contribution in [0.1, 0.15) is 16.0 Å². The molecule has 1 fully saturated rings. The average molecular weight is 577 g/mol. The van der Waals surface area contributed by atoms with Gasteiger partial charge >= 0.3 is 5.97 Å². The first-order chi connectivity index (χ1) is 19.9. The number of hydrogen-bond donors (Lipinski definition) is 0. The molecule has 1 aliphatic rings. The number of aryl methyl sites for hydroxylation is 1. The monoisotopic (exact) mass is 576 g/mol. The van der Waals surface area contributed by atoms with Crippen LogP contribution in [0.4, 0.5) is 5.69 Å². The van der Waals surface area contributed by atoms with E-state index in [9.17, 15) is 19.9 Å². The van der Waals surface area contributed by atoms with Gasteiger partial charge in [0.25, 0.3) is 0 Å². The maximum atomic E-state index is 14.4. The van der Waals surface area contributed by atoms with Gasteiger partial charge in [-0.2, -0.15) is 14.5 Å². The minimum Gasteiger partial charge on any atom is -0.587 e. The predicted molar refractivity (Wildman–Crippen MR) is 161 cm³/mol. The van der Waals surface area contributed by atoms with E-state index >= 15 is 0 Å². The highest BCUT2D eigenvalue weighted by molar-refractivity contribution is 7.90. The molecule has 0 spiro atoms. The van der Waals surface area contributed by atoms with E-state index < -0.39 is 11.4 Å². The second-order valence-corrected chi connectivity index (χ2v) is 12.1. The molecular formula is C32H24N4O3S2. The number of benzene rings is 3. The lowest BCUT2D eigenvalue weighted by molar-refractivity contribution is -0.146. The van der Waals surface area contributed by atoms with Gasteiger partial charge in [0.05, 0.1) is 30.2 Å². The molecule has 0 N–H and O–H groups in total. The van der Waals surface area contributed by atoms with Gasteiger partial charge in [0, 0.05) is 40.9 Å². The molecule has 9 heteroatoms. The van der Waals surface area contributed by atoms with Crippen molar-refractivity contribution >= 4 is 45.3 Å². The summed E-state index contributed by atoms with van der Waals surface area (Å²) in [7, 11) is 1.40. The first-order valence-corrected chi connectivity index (χ1v) is 14.9. The maximum Gasteiger partial charge on any atom is 0.312 e. The van der Waals surface area contributed by atoms with Gasteiger partial charge in [0.15, 0.2) is 4.90 Å². The average Bonchev–Trinajstić information content (AvgIpc) is 3.58. The minimum absolute atomic E-state index is 0.173. The minimum atomic E-state index is -1.64. The summed E-state index contributed by atoms with van der Waals surface area (Å²) in [5, 5.41) is 22.3. The summed E-state index contributed by atoms with van der Waals surface area (Å²) in [6.45, 7) is 3.09. The first-order valence-electron chi connectivity index (χ1n) is 12.9. The highest BCUT2D eigenvalue weighted by Crippen LogP contribution is 2.46. The van der Waals surface area contributed by atoms with Gasteiger partial charge in [-0.15, -0.1) is 11.3 Å². The fourth-order valence-electron chi connectivity index (χ4n) is 5.25. The first kappa shape index (κ1) is 26.7. The van der Waals surface area contributed by atoms with Crippen LogP contribution in [-0.2, 0) is 20.9 Å². The topological polar surface area (TPSA) is 105 Å². The van der Waals surface area contributed by atoms with E-state index in [1.165, 1.54) is 18.4 Å². The number of hydrogen-bond acceptors (Lipinski definition) is 7. The molecule has 7 nitrogen and oxygen atoms in total. The fraction of sp³-hybridized carbons (Fsp3) is 0.156. The van der Waals surface area contributed by atoms with Crippen LogP contribution in [0.15, 0.2) is 83.1 Å². The zero-order chi connectivity index (χ0) is 28.7. The number of ether oxygens (including phenoxy) is 1. The summed E-state index contributed by atoms with van der Waals surface area (Å²) < 4.78 is 21.1. The van der Waals surface area contributed by atoms with E-state index in [-0.39, 0.29) is 11.9 Å². The number of rotatable bonds is 6. The Hall–Kier alpha value is -4.54. The molecule has 0 saturated carbocycles. The summed E-state index contributed by atoms with van der Waals surface area (Å²) in [5.41, 5.74) is 6.14. The Kier molecular flexibility index (Phi) is 7.02. The molecule has 0 radical (unpaired) electrons. The van der Waals surface area contributed by atoms with Crippen LogP contribution in [0.5, 0.6) is 0 Å². The lowest BCUT2D eigenvalue weighted by atomic mass is 9.96. The molecule has 3 aromatic carbocycles. The van der Waals surface area contributed by atoms with Crippen molar-refractivity contribution in [3.8, 4) is 34.5 Å². The van der Waals surface area contributed by atoms with Crippen molar-refractivity contribution in [2.75, 3.05) is 25.1 Å². The maximum absolute atomic E-state index is 14.4. The Morgan fingerprint density at radius 1 is 1.05 bits per heavy atom. The van der Waals surface area contributed by atoms with Gasteiger partial charge in [-0.3, -0.25) is 4.79 Å². The van der Waals surface area contributed by atoms with Crippen LogP contribution in [-0.4, -0.2) is 34.7 Å². The van der Waals surface area contributed by atoms with Gasteiger partial charge in [0.2, 0.25) is 0 Å². The van der Waals surface area contributed by atoms with Gasteiger partial charge in [-0.05, 0) is 60.8 Å². The number of carbonyl (C=O) groups is 1. The second-order valence-electron chi connectivity index (χ2n) is 9.87. The summed E-state index contributed by atoms with van der Waals surface area (Å²) in [6.07, 6.45) is 0. The van der Waals surface area contributed by atoms with Gasteiger partial charge in [-0.25, -0.2) is 0 Å². The molecule has 1 unspecified atom stereocenters. The van der Waals surface area contributed by atoms with Crippen molar-refractivity contribution in [1.82, 2.24) is 3.97 Å². The normalized spacial score (nSPS) is 13.8. The van der Waals surface area contributed by atoms with E-state index in [0.717, 1.165) is 33.3 Å². The summed E-state index contributed by atoms with van der Waals surface area (Å²) in [4.78, 5) is 15.3. The van der Waals surface area contributed by atoms with E-state index in [1.54, 1.807) is 12.1 Å². The lowest BCUT2D eigenvalue weighted by Crippen LogP contribution is -2.50. The molecular weight excluding hydrogens is 553 g/mol. The Balaban J connectivity index is 1.61. The summed E-state index contributed by atoms with van der Waals surface area (Å²) in [6, 6.07) is 27.3. The molecule has 1 saturated heterocycles. The van der Waals surface area contributed by atoms with Gasteiger partial charge < -0.3 is 14.2 Å². The van der Waals surface area contributed by atoms with Crippen LogP contribution < -0.4 is 4.90 Å². The largest absolute Gasteiger partial charge is 0.587 e. The van der Waals surface area contributed by atoms with E-state index in [2.05, 4.69) is 17.0 Å². The molecule has 5 aromatic rings. The third kappa shape index (κ3) is 4.64. The summed E-state index contributed by atoms with van der Waals surface area (Å²) in [5.74, 6) is -0.392. The van der Waals surface area contributed by atoms with Crippen molar-refractivity contribution in [3.63, 3.8) is 0 Å². The molecule has 0 amide bonds. The Labute approximate surface area is 244 Å². The number of nitrogens with zero attached hydrogens (tertiary/aromatic N) is 4. The second kappa shape index (κ2) is 10.8. The lowest BCUT2D eigenvalue weighted by Gasteiger charge is -2.39. The van der Waals surface area contributed by atoms with Crippen LogP contribution in [0.2, 0.25) is 0 Å². The molecule has 2 aromatic heterocycles. The van der Waals surface area contributed by atoms with Crippen LogP contribution in [0.25, 0.3) is 33.3 Å². The Morgan fingerprint density at radius 2 is 1.83 bits per heavy atom. The van der Waals surface area contributed by atoms with Crippen molar-refractivity contribution < 1.29 is 14.1 Å². The van der Waals surface area contributed by atoms with Crippen molar-refractivity contribution in [2.24, 2.45) is 5.92 Å². The van der Waals surface area contributed by atoms with Crippen LogP contribution >= 0.6 is 11.3 Å². The molecule has 1 atom stereocenters. The summed E-state index contributed by atoms with van der Waals surface area (Å²) >= 11 is -0.293. The molecule has 202 valence electrons. The van der Waals surface area contributed by atoms with E-state index in [1.807, 2.05) is 76.9 Å². The molecule has 6 rings (SSSR count). The SMILES string of the molecule is COC(=O)C1CN(c2cccc(-c3c(-c4ccsc4C#N)c4cc(C#N)ccc4n3[S+]([O-])c3ccc(C)cc3)c2)C1. The number of methoxy groups -OCH3 is 1. The van der Waals surface area contributed by atoms with Crippen LogP contribution in [0.3, 0.4) is 0 Å². The molecule has 0 aliphatic carbocycles. The van der Waals surface area contributed by atoms with Gasteiger partial charge in [-0.1, -0.05) is 29.8 Å². The molecule has 41 heavy (non-hydrogen) atoms.